The molecule has 0 saturated carbocycles. The Bertz CT molecular complexity index is 489. The highest BCUT2D eigenvalue weighted by molar-refractivity contribution is 5.66. The van der Waals surface area contributed by atoms with Crippen molar-refractivity contribution in [2.75, 3.05) is 17.6 Å². The van der Waals surface area contributed by atoms with E-state index >= 15 is 0 Å². The molecule has 17 heavy (non-hydrogen) atoms. The van der Waals surface area contributed by atoms with Crippen molar-refractivity contribution < 1.29 is 0 Å². The van der Waals surface area contributed by atoms with Gasteiger partial charge < -0.3 is 11.1 Å². The summed E-state index contributed by atoms with van der Waals surface area (Å²) in [5, 5.41) is 3.27. The van der Waals surface area contributed by atoms with E-state index in [1.54, 1.807) is 0 Å². The van der Waals surface area contributed by atoms with Crippen LogP contribution in [0.15, 0.2) is 60.7 Å². The van der Waals surface area contributed by atoms with Crippen molar-refractivity contribution in [3.63, 3.8) is 0 Å². The highest BCUT2D eigenvalue weighted by Gasteiger charge is 1.93. The van der Waals surface area contributed by atoms with Gasteiger partial charge in [-0.25, -0.2) is 0 Å². The van der Waals surface area contributed by atoms with E-state index in [4.69, 9.17) is 5.73 Å². The summed E-state index contributed by atoms with van der Waals surface area (Å²) in [7, 11) is 0. The molecule has 0 aliphatic carbocycles. The van der Waals surface area contributed by atoms with E-state index in [-0.39, 0.29) is 0 Å². The maximum atomic E-state index is 5.83. The number of rotatable bonds is 4. The highest BCUT2D eigenvalue weighted by Crippen LogP contribution is 2.16. The maximum absolute atomic E-state index is 5.83. The van der Waals surface area contributed by atoms with Crippen molar-refractivity contribution >= 4 is 17.5 Å². The Hall–Kier alpha value is -2.22. The summed E-state index contributed by atoms with van der Waals surface area (Å²) in [5.41, 5.74) is 8.79. The minimum Gasteiger partial charge on any atom is -0.397 e. The minimum atomic E-state index is 0.767. The van der Waals surface area contributed by atoms with Gasteiger partial charge in [0.15, 0.2) is 0 Å². The molecule has 2 heteroatoms. The van der Waals surface area contributed by atoms with Gasteiger partial charge in [-0.15, -0.1) is 0 Å². The number of nitrogens with two attached hydrogens (primary N) is 1. The Kier molecular flexibility index (Phi) is 3.81. The van der Waals surface area contributed by atoms with Gasteiger partial charge in [0.1, 0.15) is 0 Å². The zero-order valence-electron chi connectivity index (χ0n) is 9.64. The van der Waals surface area contributed by atoms with Gasteiger partial charge in [-0.3, -0.25) is 0 Å². The van der Waals surface area contributed by atoms with Gasteiger partial charge in [-0.05, 0) is 17.7 Å². The number of nitrogen functional groups attached to an aromatic ring is 1. The maximum Gasteiger partial charge on any atom is 0.0576 e. The van der Waals surface area contributed by atoms with Crippen molar-refractivity contribution in [3.8, 4) is 0 Å². The Balaban J connectivity index is 1.88. The van der Waals surface area contributed by atoms with E-state index in [0.717, 1.165) is 17.9 Å². The molecule has 2 rings (SSSR count). The van der Waals surface area contributed by atoms with E-state index < -0.39 is 0 Å². The van der Waals surface area contributed by atoms with Crippen LogP contribution >= 0.6 is 0 Å². The van der Waals surface area contributed by atoms with Crippen LogP contribution in [0.5, 0.6) is 0 Å². The molecule has 0 aliphatic rings. The van der Waals surface area contributed by atoms with Gasteiger partial charge in [0.2, 0.25) is 0 Å². The minimum absolute atomic E-state index is 0.767. The summed E-state index contributed by atoms with van der Waals surface area (Å²) in [4.78, 5) is 0. The van der Waals surface area contributed by atoms with Gasteiger partial charge in [0, 0.05) is 6.54 Å². The summed E-state index contributed by atoms with van der Waals surface area (Å²) in [5.74, 6) is 0. The highest BCUT2D eigenvalue weighted by atomic mass is 14.9. The first-order valence-electron chi connectivity index (χ1n) is 5.66. The topological polar surface area (TPSA) is 38.0 Å². The molecule has 0 heterocycles. The molecule has 3 N–H and O–H groups in total. The summed E-state index contributed by atoms with van der Waals surface area (Å²) >= 11 is 0. The summed E-state index contributed by atoms with van der Waals surface area (Å²) in [6.07, 6.45) is 4.17. The molecule has 86 valence electrons. The third kappa shape index (κ3) is 3.38. The first kappa shape index (κ1) is 11.3. The second-order valence-electron chi connectivity index (χ2n) is 3.78. The molecule has 2 aromatic carbocycles. The summed E-state index contributed by atoms with van der Waals surface area (Å²) in [6, 6.07) is 18.0. The molecule has 0 amide bonds. The molecule has 0 radical (unpaired) electrons. The molecular formula is C15H16N2. The molecule has 2 nitrogen and oxygen atoms in total. The van der Waals surface area contributed by atoms with Crippen molar-refractivity contribution in [2.24, 2.45) is 0 Å². The molecule has 0 spiro atoms. The van der Waals surface area contributed by atoms with Crippen molar-refractivity contribution in [1.82, 2.24) is 0 Å². The van der Waals surface area contributed by atoms with E-state index in [0.29, 0.717) is 0 Å². The van der Waals surface area contributed by atoms with E-state index in [1.165, 1.54) is 5.56 Å². The van der Waals surface area contributed by atoms with Gasteiger partial charge in [-0.2, -0.15) is 0 Å². The lowest BCUT2D eigenvalue weighted by Gasteiger charge is -2.05. The van der Waals surface area contributed by atoms with Crippen LogP contribution in [0.3, 0.4) is 0 Å². The van der Waals surface area contributed by atoms with Crippen molar-refractivity contribution in [1.29, 1.82) is 0 Å². The molecule has 0 aliphatic heterocycles. The molecule has 0 atom stereocenters. The second kappa shape index (κ2) is 5.75. The van der Waals surface area contributed by atoms with Crippen LogP contribution in [0.2, 0.25) is 0 Å². The molecule has 0 aromatic heterocycles. The number of benzene rings is 2. The van der Waals surface area contributed by atoms with Crippen molar-refractivity contribution in [2.45, 2.75) is 0 Å². The Morgan fingerprint density at radius 3 is 2.41 bits per heavy atom. The smallest absolute Gasteiger partial charge is 0.0576 e. The van der Waals surface area contributed by atoms with E-state index in [2.05, 4.69) is 29.6 Å². The normalized spacial score (nSPS) is 10.6. The van der Waals surface area contributed by atoms with E-state index in [1.807, 2.05) is 42.5 Å². The summed E-state index contributed by atoms with van der Waals surface area (Å²) < 4.78 is 0. The van der Waals surface area contributed by atoms with Crippen LogP contribution in [0.4, 0.5) is 11.4 Å². The average molecular weight is 224 g/mol. The van der Waals surface area contributed by atoms with Gasteiger partial charge in [-0.1, -0.05) is 54.6 Å². The fraction of sp³-hybridized carbons (Fsp3) is 0.0667. The van der Waals surface area contributed by atoms with Gasteiger partial charge in [0.25, 0.3) is 0 Å². The lowest BCUT2D eigenvalue weighted by Crippen LogP contribution is -2.01. The molecule has 0 bridgehead atoms. The second-order valence-corrected chi connectivity index (χ2v) is 3.78. The van der Waals surface area contributed by atoms with Gasteiger partial charge in [0.05, 0.1) is 11.4 Å². The lowest BCUT2D eigenvalue weighted by molar-refractivity contribution is 1.34. The van der Waals surface area contributed by atoms with E-state index in [9.17, 15) is 0 Å². The van der Waals surface area contributed by atoms with Crippen LogP contribution < -0.4 is 11.1 Å². The SMILES string of the molecule is Nc1ccccc1NC/C=C/c1ccccc1. The standard InChI is InChI=1S/C15H16N2/c16-14-10-4-5-11-15(14)17-12-6-9-13-7-2-1-3-8-13/h1-11,17H,12,16H2/b9-6+. The largest absolute Gasteiger partial charge is 0.397 e. The van der Waals surface area contributed by atoms with Crippen molar-refractivity contribution in [3.05, 3.63) is 66.2 Å². The first-order chi connectivity index (χ1) is 8.36. The van der Waals surface area contributed by atoms with Crippen LogP contribution in [-0.2, 0) is 0 Å². The monoisotopic (exact) mass is 224 g/mol. The van der Waals surface area contributed by atoms with Crippen LogP contribution in [-0.4, -0.2) is 6.54 Å². The van der Waals surface area contributed by atoms with Crippen LogP contribution in [0, 0.1) is 0 Å². The molecule has 0 unspecified atom stereocenters. The zero-order chi connectivity index (χ0) is 11.9. The third-order valence-corrected chi connectivity index (χ3v) is 2.48. The number of nitrogens with one attached hydrogen (secondary N) is 1. The number of para-hydroxylation sites is 2. The molecule has 2 aromatic rings. The Morgan fingerprint density at radius 2 is 1.65 bits per heavy atom. The number of hydrogen-bond acceptors (Lipinski definition) is 2. The first-order valence-corrected chi connectivity index (χ1v) is 5.66. The zero-order valence-corrected chi connectivity index (χ0v) is 9.64. The van der Waals surface area contributed by atoms with Crippen LogP contribution in [0.25, 0.3) is 6.08 Å². The average Bonchev–Trinajstić information content (AvgIpc) is 2.38. The predicted octanol–water partition coefficient (Wildman–Crippen LogP) is 3.39. The Labute approximate surface area is 102 Å². The number of hydrogen-bond donors (Lipinski definition) is 2. The third-order valence-electron chi connectivity index (χ3n) is 2.48. The lowest BCUT2D eigenvalue weighted by atomic mass is 10.2. The van der Waals surface area contributed by atoms with Gasteiger partial charge >= 0.3 is 0 Å². The Morgan fingerprint density at radius 1 is 0.941 bits per heavy atom. The van der Waals surface area contributed by atoms with Crippen LogP contribution in [0.1, 0.15) is 5.56 Å². The molecule has 0 fully saturated rings. The predicted molar refractivity (Wildman–Crippen MR) is 74.8 cm³/mol. The quantitative estimate of drug-likeness (QED) is 0.781. The summed E-state index contributed by atoms with van der Waals surface area (Å²) in [6.45, 7) is 0.767. The number of anilines is 2. The molecule has 0 saturated heterocycles. The fourth-order valence-corrected chi connectivity index (χ4v) is 1.59. The fourth-order valence-electron chi connectivity index (χ4n) is 1.59. The molecular weight excluding hydrogens is 208 g/mol.